The summed E-state index contributed by atoms with van der Waals surface area (Å²) in [7, 11) is 5.04. The van der Waals surface area contributed by atoms with E-state index in [1.54, 1.807) is 21.3 Å². The third kappa shape index (κ3) is 4.44. The molecule has 0 saturated heterocycles. The van der Waals surface area contributed by atoms with Gasteiger partial charge in [0.2, 0.25) is 0 Å². The Balaban J connectivity index is 1.97. The molecular formula is C21H28O3. The van der Waals surface area contributed by atoms with Gasteiger partial charge in [0.05, 0.1) is 21.3 Å². The van der Waals surface area contributed by atoms with Crippen LogP contribution in [0.15, 0.2) is 42.5 Å². The van der Waals surface area contributed by atoms with Gasteiger partial charge in [0, 0.05) is 0 Å². The summed E-state index contributed by atoms with van der Waals surface area (Å²) in [6.07, 6.45) is 2.27. The van der Waals surface area contributed by atoms with Gasteiger partial charge in [-0.1, -0.05) is 32.0 Å². The van der Waals surface area contributed by atoms with Gasteiger partial charge in [-0.2, -0.15) is 0 Å². The zero-order valence-electron chi connectivity index (χ0n) is 15.3. The fourth-order valence-electron chi connectivity index (χ4n) is 2.93. The van der Waals surface area contributed by atoms with Gasteiger partial charge in [-0.05, 0) is 60.1 Å². The molecule has 130 valence electrons. The Morgan fingerprint density at radius 2 is 1.21 bits per heavy atom. The van der Waals surface area contributed by atoms with Gasteiger partial charge in [0.15, 0.2) is 11.5 Å². The largest absolute Gasteiger partial charge is 0.497 e. The lowest BCUT2D eigenvalue weighted by atomic mass is 9.89. The van der Waals surface area contributed by atoms with Crippen LogP contribution in [0.2, 0.25) is 0 Å². The fourth-order valence-corrected chi connectivity index (χ4v) is 2.93. The minimum Gasteiger partial charge on any atom is -0.497 e. The molecule has 0 aliphatic rings. The second-order valence-electron chi connectivity index (χ2n) is 6.27. The van der Waals surface area contributed by atoms with Crippen LogP contribution >= 0.6 is 0 Å². The highest BCUT2D eigenvalue weighted by Crippen LogP contribution is 2.33. The van der Waals surface area contributed by atoms with Gasteiger partial charge in [-0.15, -0.1) is 0 Å². The molecule has 2 aromatic carbocycles. The van der Waals surface area contributed by atoms with Gasteiger partial charge in [-0.3, -0.25) is 0 Å². The van der Waals surface area contributed by atoms with Crippen molar-refractivity contribution in [2.24, 2.45) is 0 Å². The Hall–Kier alpha value is -2.16. The Kier molecular flexibility index (Phi) is 6.53. The van der Waals surface area contributed by atoms with E-state index >= 15 is 0 Å². The molecule has 0 N–H and O–H groups in total. The van der Waals surface area contributed by atoms with Crippen LogP contribution in [-0.2, 0) is 0 Å². The van der Waals surface area contributed by atoms with Gasteiger partial charge < -0.3 is 14.2 Å². The molecule has 0 heterocycles. The minimum atomic E-state index is 0.477. The molecule has 0 fully saturated rings. The topological polar surface area (TPSA) is 27.7 Å². The van der Waals surface area contributed by atoms with Crippen LogP contribution in [0.3, 0.4) is 0 Å². The molecule has 3 heteroatoms. The molecule has 0 radical (unpaired) electrons. The van der Waals surface area contributed by atoms with Crippen LogP contribution in [0.4, 0.5) is 0 Å². The molecule has 0 aliphatic heterocycles. The smallest absolute Gasteiger partial charge is 0.160 e. The second-order valence-corrected chi connectivity index (χ2v) is 6.27. The molecule has 0 bridgehead atoms. The first kappa shape index (κ1) is 18.2. The van der Waals surface area contributed by atoms with Crippen LogP contribution < -0.4 is 14.2 Å². The maximum atomic E-state index is 5.41. The summed E-state index contributed by atoms with van der Waals surface area (Å²) >= 11 is 0. The van der Waals surface area contributed by atoms with Crippen LogP contribution in [0.5, 0.6) is 17.2 Å². The van der Waals surface area contributed by atoms with Crippen LogP contribution in [-0.4, -0.2) is 21.3 Å². The van der Waals surface area contributed by atoms with Gasteiger partial charge in [0.1, 0.15) is 5.75 Å². The molecule has 0 aliphatic carbocycles. The average molecular weight is 328 g/mol. The van der Waals surface area contributed by atoms with Gasteiger partial charge in [-0.25, -0.2) is 0 Å². The Bertz CT molecular complexity index is 634. The van der Waals surface area contributed by atoms with E-state index in [4.69, 9.17) is 14.2 Å². The Morgan fingerprint density at radius 3 is 1.75 bits per heavy atom. The van der Waals surface area contributed by atoms with Gasteiger partial charge in [0.25, 0.3) is 0 Å². The van der Waals surface area contributed by atoms with Crippen LogP contribution in [0.1, 0.15) is 49.7 Å². The maximum Gasteiger partial charge on any atom is 0.160 e. The van der Waals surface area contributed by atoms with Crippen molar-refractivity contribution < 1.29 is 14.2 Å². The van der Waals surface area contributed by atoms with E-state index < -0.39 is 0 Å². The normalized spacial score (nSPS) is 13.2. The summed E-state index contributed by atoms with van der Waals surface area (Å²) in [4.78, 5) is 0. The van der Waals surface area contributed by atoms with Crippen molar-refractivity contribution in [1.82, 2.24) is 0 Å². The van der Waals surface area contributed by atoms with E-state index in [1.165, 1.54) is 11.1 Å². The summed E-state index contributed by atoms with van der Waals surface area (Å²) < 4.78 is 15.9. The van der Waals surface area contributed by atoms with E-state index in [9.17, 15) is 0 Å². The van der Waals surface area contributed by atoms with Crippen molar-refractivity contribution >= 4 is 0 Å². The van der Waals surface area contributed by atoms with Gasteiger partial charge >= 0.3 is 0 Å². The van der Waals surface area contributed by atoms with Crippen LogP contribution in [0.25, 0.3) is 0 Å². The summed E-state index contributed by atoms with van der Waals surface area (Å²) in [5.41, 5.74) is 2.64. The average Bonchev–Trinajstić information content (AvgIpc) is 2.65. The van der Waals surface area contributed by atoms with Crippen molar-refractivity contribution in [2.75, 3.05) is 21.3 Å². The molecule has 2 unspecified atom stereocenters. The van der Waals surface area contributed by atoms with E-state index in [2.05, 4.69) is 38.1 Å². The highest BCUT2D eigenvalue weighted by molar-refractivity contribution is 5.43. The van der Waals surface area contributed by atoms with Crippen LogP contribution in [0, 0.1) is 0 Å². The van der Waals surface area contributed by atoms with Crippen molar-refractivity contribution in [1.29, 1.82) is 0 Å². The summed E-state index contributed by atoms with van der Waals surface area (Å²) in [6, 6.07) is 14.6. The molecule has 0 spiro atoms. The zero-order chi connectivity index (χ0) is 17.5. The first-order valence-electron chi connectivity index (χ1n) is 8.45. The summed E-state index contributed by atoms with van der Waals surface area (Å²) in [5.74, 6) is 3.48. The zero-order valence-corrected chi connectivity index (χ0v) is 15.3. The molecule has 24 heavy (non-hydrogen) atoms. The van der Waals surface area contributed by atoms with Crippen molar-refractivity contribution in [3.05, 3.63) is 53.6 Å². The summed E-state index contributed by atoms with van der Waals surface area (Å²) in [6.45, 7) is 4.55. The fraction of sp³-hybridized carbons (Fsp3) is 0.429. The molecule has 2 aromatic rings. The van der Waals surface area contributed by atoms with E-state index in [0.717, 1.165) is 30.1 Å². The number of ether oxygens (including phenoxy) is 3. The molecular weight excluding hydrogens is 300 g/mol. The van der Waals surface area contributed by atoms with Crippen molar-refractivity contribution in [3.8, 4) is 17.2 Å². The molecule has 0 aromatic heterocycles. The Labute approximate surface area is 145 Å². The molecule has 0 amide bonds. The molecule has 0 saturated carbocycles. The predicted molar refractivity (Wildman–Crippen MR) is 98.6 cm³/mol. The molecule has 3 nitrogen and oxygen atoms in total. The number of methoxy groups -OCH3 is 3. The van der Waals surface area contributed by atoms with Crippen molar-refractivity contribution in [2.45, 2.75) is 38.5 Å². The lowest BCUT2D eigenvalue weighted by molar-refractivity contribution is 0.354. The maximum absolute atomic E-state index is 5.41. The number of rotatable bonds is 8. The summed E-state index contributed by atoms with van der Waals surface area (Å²) in [5, 5.41) is 0. The number of hydrogen-bond acceptors (Lipinski definition) is 3. The van der Waals surface area contributed by atoms with E-state index in [-0.39, 0.29) is 0 Å². The highest BCUT2D eigenvalue weighted by atomic mass is 16.5. The lowest BCUT2D eigenvalue weighted by Gasteiger charge is -2.18. The third-order valence-corrected chi connectivity index (χ3v) is 4.69. The molecule has 2 rings (SSSR count). The first-order chi connectivity index (χ1) is 11.6. The predicted octanol–water partition coefficient (Wildman–Crippen LogP) is 5.40. The number of benzene rings is 2. The lowest BCUT2D eigenvalue weighted by Crippen LogP contribution is -2.00. The standard InChI is InChI=1S/C21H28O3/c1-15(17-8-11-19(22-3)12-9-17)6-7-16(2)18-10-13-20(23-4)21(14-18)24-5/h8-16H,6-7H2,1-5H3. The molecule has 2 atom stereocenters. The minimum absolute atomic E-state index is 0.477. The number of hydrogen-bond donors (Lipinski definition) is 0. The monoisotopic (exact) mass is 328 g/mol. The van der Waals surface area contributed by atoms with E-state index in [0.29, 0.717) is 11.8 Å². The van der Waals surface area contributed by atoms with Crippen molar-refractivity contribution in [3.63, 3.8) is 0 Å². The van der Waals surface area contributed by atoms with E-state index in [1.807, 2.05) is 18.2 Å². The SMILES string of the molecule is COc1ccc(C(C)CCC(C)c2ccc(OC)c(OC)c2)cc1. The highest BCUT2D eigenvalue weighted by Gasteiger charge is 2.13. The first-order valence-corrected chi connectivity index (χ1v) is 8.45. The quantitative estimate of drug-likeness (QED) is 0.649. The Morgan fingerprint density at radius 1 is 0.667 bits per heavy atom. The third-order valence-electron chi connectivity index (χ3n) is 4.69. The second kappa shape index (κ2) is 8.62.